The van der Waals surface area contributed by atoms with Gasteiger partial charge in [0.1, 0.15) is 5.76 Å². The fourth-order valence-corrected chi connectivity index (χ4v) is 11.1. The molecule has 2 amide bonds. The van der Waals surface area contributed by atoms with Gasteiger partial charge in [-0.3, -0.25) is 14.9 Å². The van der Waals surface area contributed by atoms with E-state index in [0.717, 1.165) is 48.6 Å². The maximum Gasteiger partial charge on any atom is 0.293 e. The van der Waals surface area contributed by atoms with Crippen molar-refractivity contribution in [2.45, 2.75) is 57.3 Å². The van der Waals surface area contributed by atoms with E-state index in [1.807, 2.05) is 52.7 Å². The van der Waals surface area contributed by atoms with Gasteiger partial charge >= 0.3 is 0 Å². The minimum Gasteiger partial charge on any atom is -0.451 e. The van der Waals surface area contributed by atoms with Gasteiger partial charge in [-0.2, -0.15) is 10.0 Å². The van der Waals surface area contributed by atoms with Crippen LogP contribution in [0.4, 0.5) is 5.13 Å². The number of benzene rings is 2. The molecule has 46 heavy (non-hydrogen) atoms. The van der Waals surface area contributed by atoms with E-state index in [1.54, 1.807) is 12.1 Å². The van der Waals surface area contributed by atoms with Crippen molar-refractivity contribution in [3.8, 4) is 33.8 Å². The van der Waals surface area contributed by atoms with Crippen molar-refractivity contribution in [1.29, 1.82) is 0 Å². The molecule has 3 heterocycles. The summed E-state index contributed by atoms with van der Waals surface area (Å²) >= 11 is 1.37. The van der Waals surface area contributed by atoms with Gasteiger partial charge in [0, 0.05) is 53.8 Å². The summed E-state index contributed by atoms with van der Waals surface area (Å²) in [5.74, 6) is 3.91. The topological polar surface area (TPSA) is 78.7 Å². The monoisotopic (exact) mass is 656 g/mol. The minimum atomic E-state index is -1.13. The number of nitrogens with one attached hydrogen (secondary N) is 1. The molecule has 2 aromatic heterocycles. The van der Waals surface area contributed by atoms with E-state index in [4.69, 9.17) is 4.42 Å². The predicted molar refractivity (Wildman–Crippen MR) is 193 cm³/mol. The molecule has 1 aliphatic rings. The van der Waals surface area contributed by atoms with Gasteiger partial charge in [-0.1, -0.05) is 71.7 Å². The molecule has 5 rings (SSSR count). The summed E-state index contributed by atoms with van der Waals surface area (Å²) < 4.78 is 5.89. The lowest BCUT2D eigenvalue weighted by molar-refractivity contribution is 0.0664. The first kappa shape index (κ1) is 33.5. The first-order valence-electron chi connectivity index (χ1n) is 15.9. The van der Waals surface area contributed by atoms with Crippen LogP contribution in [0.2, 0.25) is 0 Å². The average Bonchev–Trinajstić information content (AvgIpc) is 3.72. The minimum absolute atomic E-state index is 0.0352. The van der Waals surface area contributed by atoms with Crippen LogP contribution < -0.4 is 5.32 Å². The molecule has 1 saturated heterocycles. The molecule has 1 fully saturated rings. The Morgan fingerprint density at radius 1 is 0.891 bits per heavy atom. The first-order chi connectivity index (χ1) is 22.0. The number of thiazole rings is 1. The SMILES string of the molecule is CC(C)S(C#Cc1cccc(-c2csc(NC(=O)c3ccc(-c4ccc(C(=O)N5CCN(C)CC5)cc4)o3)n2)c1)(C(C)C)C(C)C. The molecule has 242 valence electrons. The number of amides is 2. The predicted octanol–water partition coefficient (Wildman–Crippen LogP) is 8.05. The van der Waals surface area contributed by atoms with Crippen LogP contribution in [0.3, 0.4) is 0 Å². The number of anilines is 1. The zero-order valence-electron chi connectivity index (χ0n) is 27.8. The maximum absolute atomic E-state index is 13.0. The van der Waals surface area contributed by atoms with Gasteiger partial charge in [-0.05, 0) is 64.4 Å². The highest BCUT2D eigenvalue weighted by atomic mass is 32.3. The average molecular weight is 657 g/mol. The molecule has 0 atom stereocenters. The lowest BCUT2D eigenvalue weighted by Gasteiger charge is -2.46. The molecule has 1 N–H and O–H groups in total. The van der Waals surface area contributed by atoms with Gasteiger partial charge in [-0.15, -0.1) is 11.3 Å². The van der Waals surface area contributed by atoms with Gasteiger partial charge in [0.15, 0.2) is 10.9 Å². The largest absolute Gasteiger partial charge is 0.451 e. The highest BCUT2D eigenvalue weighted by Gasteiger charge is 2.33. The van der Waals surface area contributed by atoms with Crippen LogP contribution in [0.25, 0.3) is 22.6 Å². The Hall–Kier alpha value is -3.84. The summed E-state index contributed by atoms with van der Waals surface area (Å²) in [7, 11) is 0.934. The van der Waals surface area contributed by atoms with Crippen LogP contribution in [-0.4, -0.2) is 75.6 Å². The fourth-order valence-electron chi connectivity index (χ4n) is 6.10. The van der Waals surface area contributed by atoms with Crippen molar-refractivity contribution in [3.05, 3.63) is 82.9 Å². The number of aromatic nitrogens is 1. The molecule has 4 aromatic rings. The molecule has 7 nitrogen and oxygen atoms in total. The number of hydrogen-bond donors (Lipinski definition) is 1. The lowest BCUT2D eigenvalue weighted by Crippen LogP contribution is -2.47. The number of hydrogen-bond acceptors (Lipinski definition) is 6. The van der Waals surface area contributed by atoms with Crippen molar-refractivity contribution in [2.24, 2.45) is 0 Å². The molecular formula is C37H44N4O3S2. The van der Waals surface area contributed by atoms with Crippen LogP contribution in [-0.2, 0) is 0 Å². The van der Waals surface area contributed by atoms with E-state index in [9.17, 15) is 9.59 Å². The quantitative estimate of drug-likeness (QED) is 0.194. The van der Waals surface area contributed by atoms with E-state index >= 15 is 0 Å². The highest BCUT2D eigenvalue weighted by Crippen LogP contribution is 2.59. The molecule has 0 bridgehead atoms. The molecule has 0 aliphatic carbocycles. The number of carbonyl (C=O) groups excluding carboxylic acids is 2. The Balaban J connectivity index is 1.24. The Bertz CT molecular complexity index is 1710. The zero-order valence-corrected chi connectivity index (χ0v) is 29.4. The van der Waals surface area contributed by atoms with Crippen molar-refractivity contribution in [1.82, 2.24) is 14.8 Å². The van der Waals surface area contributed by atoms with Gasteiger partial charge in [0.2, 0.25) is 0 Å². The summed E-state index contributed by atoms with van der Waals surface area (Å²) in [5.41, 5.74) is 4.14. The molecule has 0 spiro atoms. The summed E-state index contributed by atoms with van der Waals surface area (Å²) in [6.45, 7) is 17.0. The Morgan fingerprint density at radius 3 is 2.22 bits per heavy atom. The second-order valence-corrected chi connectivity index (χ2v) is 18.0. The standard InChI is InChI=1S/C37H44N4O3S2/c1-25(2)46(26(3)4,27(5)6)22-17-28-9-8-10-31(23-28)32-24-45-37(38-32)39-35(42)34-16-15-33(44-34)29-11-13-30(14-12-29)36(43)41-20-18-40(7)19-21-41/h8-16,23-27H,18-21H2,1-7H3,(H,38,39,42). The molecule has 0 saturated carbocycles. The zero-order chi connectivity index (χ0) is 33.0. The number of carbonyl (C=O) groups is 2. The fraction of sp³-hybridized carbons (Fsp3) is 0.378. The van der Waals surface area contributed by atoms with Crippen molar-refractivity contribution < 1.29 is 14.0 Å². The molecule has 0 radical (unpaired) electrons. The third-order valence-electron chi connectivity index (χ3n) is 8.63. The van der Waals surface area contributed by atoms with Crippen LogP contribution in [0.1, 0.15) is 68.0 Å². The molecule has 9 heteroatoms. The van der Waals surface area contributed by atoms with E-state index in [0.29, 0.717) is 32.2 Å². The van der Waals surface area contributed by atoms with Gasteiger partial charge < -0.3 is 14.2 Å². The lowest BCUT2D eigenvalue weighted by atomic mass is 10.1. The second-order valence-electron chi connectivity index (χ2n) is 12.5. The number of piperazine rings is 1. The van der Waals surface area contributed by atoms with Crippen LogP contribution >= 0.6 is 21.4 Å². The Labute approximate surface area is 278 Å². The maximum atomic E-state index is 13.0. The van der Waals surface area contributed by atoms with Gasteiger partial charge in [-0.25, -0.2) is 4.98 Å². The molecule has 0 unspecified atom stereocenters. The summed E-state index contributed by atoms with van der Waals surface area (Å²) in [4.78, 5) is 34.7. The van der Waals surface area contributed by atoms with Crippen molar-refractivity contribution in [3.63, 3.8) is 0 Å². The Morgan fingerprint density at radius 2 is 1.57 bits per heavy atom. The first-order valence-corrected chi connectivity index (χ1v) is 18.6. The van der Waals surface area contributed by atoms with Crippen LogP contribution in [0.15, 0.2) is 70.5 Å². The van der Waals surface area contributed by atoms with Crippen LogP contribution in [0.5, 0.6) is 0 Å². The molecular weight excluding hydrogens is 613 g/mol. The van der Waals surface area contributed by atoms with Crippen molar-refractivity contribution in [2.75, 3.05) is 38.5 Å². The van der Waals surface area contributed by atoms with Gasteiger partial charge in [0.05, 0.1) is 5.69 Å². The molecule has 2 aromatic carbocycles. The van der Waals surface area contributed by atoms with E-state index in [2.05, 4.69) is 81.0 Å². The number of nitrogens with zero attached hydrogens (tertiary/aromatic N) is 3. The number of furan rings is 1. The van der Waals surface area contributed by atoms with E-state index in [-0.39, 0.29) is 17.6 Å². The summed E-state index contributed by atoms with van der Waals surface area (Å²) in [6.07, 6.45) is 0. The summed E-state index contributed by atoms with van der Waals surface area (Å²) in [5, 5.41) is 10.6. The third-order valence-corrected chi connectivity index (χ3v) is 14.5. The number of rotatable bonds is 8. The third kappa shape index (κ3) is 7.25. The van der Waals surface area contributed by atoms with Gasteiger partial charge in [0.25, 0.3) is 11.8 Å². The van der Waals surface area contributed by atoms with E-state index < -0.39 is 10.0 Å². The Kier molecular flexibility index (Phi) is 10.4. The normalized spacial score (nSPS) is 14.4. The smallest absolute Gasteiger partial charge is 0.293 e. The second kappa shape index (κ2) is 14.3. The highest BCUT2D eigenvalue weighted by molar-refractivity contribution is 8.38. The van der Waals surface area contributed by atoms with Crippen molar-refractivity contribution >= 4 is 38.3 Å². The van der Waals surface area contributed by atoms with Crippen LogP contribution in [0, 0.1) is 11.2 Å². The van der Waals surface area contributed by atoms with E-state index in [1.165, 1.54) is 11.3 Å². The number of likely N-dealkylation sites (N-methyl/N-ethyl adjacent to an activating group) is 1. The summed E-state index contributed by atoms with van der Waals surface area (Å²) in [6, 6.07) is 18.9. The molecule has 1 aliphatic heterocycles.